The number of aromatic nitrogens is 2. The summed E-state index contributed by atoms with van der Waals surface area (Å²) in [5.41, 5.74) is 0.461. The first-order valence-electron chi connectivity index (χ1n) is 6.99. The number of rotatable bonds is 6. The molecule has 2 unspecified atom stereocenters. The van der Waals surface area contributed by atoms with E-state index in [0.29, 0.717) is 17.3 Å². The summed E-state index contributed by atoms with van der Waals surface area (Å²) in [5, 5.41) is 7.25. The lowest BCUT2D eigenvalue weighted by Gasteiger charge is -2.18. The van der Waals surface area contributed by atoms with Crippen LogP contribution in [0.15, 0.2) is 22.7 Å². The van der Waals surface area contributed by atoms with Gasteiger partial charge in [-0.3, -0.25) is 0 Å². The van der Waals surface area contributed by atoms with Crippen molar-refractivity contribution in [3.63, 3.8) is 0 Å². The predicted molar refractivity (Wildman–Crippen MR) is 80.1 cm³/mol. The van der Waals surface area contributed by atoms with Gasteiger partial charge in [-0.25, -0.2) is 4.39 Å². The summed E-state index contributed by atoms with van der Waals surface area (Å²) in [6.45, 7) is 4.12. The molecule has 0 bridgehead atoms. The Morgan fingerprint density at radius 1 is 1.43 bits per heavy atom. The fourth-order valence-corrected chi connectivity index (χ4v) is 2.55. The predicted octanol–water partition coefficient (Wildman–Crippen LogP) is 3.55. The Morgan fingerprint density at radius 3 is 2.86 bits per heavy atom. The minimum atomic E-state index is -0.430. The largest absolute Gasteiger partial charge is 0.339 e. The van der Waals surface area contributed by atoms with Crippen LogP contribution in [0.25, 0.3) is 0 Å². The van der Waals surface area contributed by atoms with Crippen molar-refractivity contribution < 1.29 is 8.91 Å². The van der Waals surface area contributed by atoms with E-state index in [1.807, 2.05) is 14.0 Å². The fraction of sp³-hybridized carbons (Fsp3) is 0.467. The van der Waals surface area contributed by atoms with E-state index in [1.165, 1.54) is 6.07 Å². The summed E-state index contributed by atoms with van der Waals surface area (Å²) in [6.07, 6.45) is 1.22. The first-order valence-corrected chi connectivity index (χ1v) is 7.37. The molecule has 1 aromatic heterocycles. The molecule has 0 saturated carbocycles. The van der Waals surface area contributed by atoms with Gasteiger partial charge < -0.3 is 9.84 Å². The third-order valence-corrected chi connectivity index (χ3v) is 3.96. The highest BCUT2D eigenvalue weighted by Gasteiger charge is 2.22. The third kappa shape index (κ3) is 3.60. The summed E-state index contributed by atoms with van der Waals surface area (Å²) >= 11 is 5.77. The van der Waals surface area contributed by atoms with Crippen molar-refractivity contribution >= 4 is 11.6 Å². The van der Waals surface area contributed by atoms with Gasteiger partial charge in [0.15, 0.2) is 5.82 Å². The Bertz CT molecular complexity index is 598. The van der Waals surface area contributed by atoms with Gasteiger partial charge in [-0.15, -0.1) is 0 Å². The van der Waals surface area contributed by atoms with Gasteiger partial charge in [-0.05, 0) is 25.1 Å². The molecule has 2 rings (SSSR count). The Kier molecular flexibility index (Phi) is 5.31. The van der Waals surface area contributed by atoms with E-state index >= 15 is 0 Å². The first kappa shape index (κ1) is 15.9. The summed E-state index contributed by atoms with van der Waals surface area (Å²) in [6, 6.07) is 5.16. The maximum absolute atomic E-state index is 13.9. The maximum Gasteiger partial charge on any atom is 0.231 e. The van der Waals surface area contributed by atoms with Crippen molar-refractivity contribution in [1.82, 2.24) is 15.5 Å². The molecule has 0 aliphatic heterocycles. The second kappa shape index (κ2) is 7.00. The van der Waals surface area contributed by atoms with Gasteiger partial charge in [0.05, 0.1) is 10.9 Å². The van der Waals surface area contributed by atoms with Gasteiger partial charge in [0, 0.05) is 12.5 Å². The molecule has 21 heavy (non-hydrogen) atoms. The second-order valence-corrected chi connectivity index (χ2v) is 5.44. The van der Waals surface area contributed by atoms with Crippen LogP contribution in [0.2, 0.25) is 5.02 Å². The summed E-state index contributed by atoms with van der Waals surface area (Å²) in [5.74, 6) is 0.697. The Balaban J connectivity index is 2.15. The molecular weight excluding hydrogens is 293 g/mol. The molecule has 0 fully saturated rings. The van der Waals surface area contributed by atoms with E-state index in [9.17, 15) is 4.39 Å². The molecule has 0 saturated heterocycles. The molecule has 0 radical (unpaired) electrons. The molecule has 0 amide bonds. The minimum absolute atomic E-state index is 0.102. The van der Waals surface area contributed by atoms with Crippen LogP contribution < -0.4 is 5.32 Å². The first-order chi connectivity index (χ1) is 10.1. The minimum Gasteiger partial charge on any atom is -0.339 e. The highest BCUT2D eigenvalue weighted by Crippen LogP contribution is 2.22. The van der Waals surface area contributed by atoms with Crippen LogP contribution >= 0.6 is 11.6 Å². The fourth-order valence-electron chi connectivity index (χ4n) is 2.36. The normalized spacial score (nSPS) is 14.1. The summed E-state index contributed by atoms with van der Waals surface area (Å²) in [7, 11) is 1.91. The quantitative estimate of drug-likeness (QED) is 0.886. The molecule has 0 spiro atoms. The molecule has 4 nitrogen and oxygen atoms in total. The molecule has 1 N–H and O–H groups in total. The average Bonchev–Trinajstić information content (AvgIpc) is 2.93. The van der Waals surface area contributed by atoms with E-state index in [2.05, 4.69) is 22.4 Å². The smallest absolute Gasteiger partial charge is 0.231 e. The van der Waals surface area contributed by atoms with Gasteiger partial charge in [0.1, 0.15) is 5.82 Å². The third-order valence-electron chi connectivity index (χ3n) is 3.67. The van der Waals surface area contributed by atoms with Crippen LogP contribution in [-0.2, 0) is 6.42 Å². The van der Waals surface area contributed by atoms with Crippen molar-refractivity contribution in [2.45, 2.75) is 38.6 Å². The van der Waals surface area contributed by atoms with Crippen molar-refractivity contribution in [2.24, 2.45) is 0 Å². The summed E-state index contributed by atoms with van der Waals surface area (Å²) in [4.78, 5) is 4.37. The van der Waals surface area contributed by atoms with Gasteiger partial charge in [-0.2, -0.15) is 4.98 Å². The zero-order valence-electron chi connectivity index (χ0n) is 12.4. The van der Waals surface area contributed by atoms with Crippen molar-refractivity contribution in [2.75, 3.05) is 7.05 Å². The number of nitrogens with zero attached hydrogens (tertiary/aromatic N) is 2. The number of hydrogen-bond acceptors (Lipinski definition) is 4. The van der Waals surface area contributed by atoms with Crippen LogP contribution in [0, 0.1) is 5.82 Å². The molecule has 0 aliphatic rings. The maximum atomic E-state index is 13.9. The Morgan fingerprint density at radius 2 is 2.19 bits per heavy atom. The molecule has 2 atom stereocenters. The summed E-state index contributed by atoms with van der Waals surface area (Å²) < 4.78 is 19.2. The number of likely N-dealkylation sites (N-methyl/N-ethyl adjacent to an activating group) is 1. The number of nitrogens with one attached hydrogen (secondary N) is 1. The van der Waals surface area contributed by atoms with Crippen molar-refractivity contribution in [3.8, 4) is 0 Å². The number of hydrogen-bond donors (Lipinski definition) is 1. The van der Waals surface area contributed by atoms with E-state index < -0.39 is 5.82 Å². The van der Waals surface area contributed by atoms with Crippen LogP contribution in [-0.4, -0.2) is 23.2 Å². The molecule has 1 aromatic carbocycles. The highest BCUT2D eigenvalue weighted by atomic mass is 35.5. The zero-order valence-corrected chi connectivity index (χ0v) is 13.1. The highest BCUT2D eigenvalue weighted by molar-refractivity contribution is 6.30. The average molecular weight is 312 g/mol. The SMILES string of the molecule is CCC(NC)C(C)c1nc(Cc2cccc(Cl)c2F)no1. The Hall–Kier alpha value is -1.46. The number of benzene rings is 1. The molecule has 0 aliphatic carbocycles. The van der Waals surface area contributed by atoms with Crippen molar-refractivity contribution in [1.29, 1.82) is 0 Å². The van der Waals surface area contributed by atoms with E-state index in [4.69, 9.17) is 16.1 Å². The molecule has 6 heteroatoms. The van der Waals surface area contributed by atoms with Gasteiger partial charge in [-0.1, -0.05) is 42.7 Å². The van der Waals surface area contributed by atoms with Gasteiger partial charge >= 0.3 is 0 Å². The second-order valence-electron chi connectivity index (χ2n) is 5.03. The van der Waals surface area contributed by atoms with E-state index in [-0.39, 0.29) is 23.4 Å². The topological polar surface area (TPSA) is 51.0 Å². The lowest BCUT2D eigenvalue weighted by molar-refractivity contribution is 0.324. The van der Waals surface area contributed by atoms with Crippen molar-refractivity contribution in [3.05, 3.63) is 46.3 Å². The van der Waals surface area contributed by atoms with Gasteiger partial charge in [0.25, 0.3) is 0 Å². The molecule has 114 valence electrons. The van der Waals surface area contributed by atoms with Gasteiger partial charge in [0.2, 0.25) is 5.89 Å². The van der Waals surface area contributed by atoms with Crippen LogP contribution in [0.3, 0.4) is 0 Å². The number of halogens is 2. The molecular formula is C15H19ClFN3O. The Labute approximate surface area is 128 Å². The van der Waals surface area contributed by atoms with Crippen LogP contribution in [0.1, 0.15) is 43.5 Å². The monoisotopic (exact) mass is 311 g/mol. The lowest BCUT2D eigenvalue weighted by atomic mass is 10.00. The lowest BCUT2D eigenvalue weighted by Crippen LogP contribution is -2.30. The van der Waals surface area contributed by atoms with Crippen LogP contribution in [0.4, 0.5) is 4.39 Å². The van der Waals surface area contributed by atoms with Crippen LogP contribution in [0.5, 0.6) is 0 Å². The molecule has 2 aromatic rings. The molecule has 1 heterocycles. The van der Waals surface area contributed by atoms with E-state index in [0.717, 1.165) is 6.42 Å². The zero-order chi connectivity index (χ0) is 15.4. The van der Waals surface area contributed by atoms with E-state index in [1.54, 1.807) is 12.1 Å². The standard InChI is InChI=1S/C15H19ClFN3O/c1-4-12(18-3)9(2)15-19-13(20-21-15)8-10-6-5-7-11(16)14(10)17/h5-7,9,12,18H,4,8H2,1-3H3.